The zero-order valence-corrected chi connectivity index (χ0v) is 9.35. The number of amides is 2. The number of halogens is 1. The molecule has 0 aromatic heterocycles. The molecule has 0 spiro atoms. The third-order valence-corrected chi connectivity index (χ3v) is 3.23. The molecule has 0 radical (unpaired) electrons. The van der Waals surface area contributed by atoms with Crippen LogP contribution in [0.15, 0.2) is 9.11 Å². The highest BCUT2D eigenvalue weighted by molar-refractivity contribution is 14.1. The van der Waals surface area contributed by atoms with E-state index in [1.165, 1.54) is 0 Å². The summed E-state index contributed by atoms with van der Waals surface area (Å²) in [6.45, 7) is 0. The van der Waals surface area contributed by atoms with Gasteiger partial charge in [0.15, 0.2) is 0 Å². The largest absolute Gasteiger partial charge is 0.330 e. The third-order valence-electron chi connectivity index (χ3n) is 1.23. The topological polar surface area (TPSA) is 23.6 Å². The summed E-state index contributed by atoms with van der Waals surface area (Å²) in [4.78, 5) is 14.6. The first-order valence-electron chi connectivity index (χ1n) is 3.09. The Kier molecular flexibility index (Phi) is 3.06. The molecule has 62 valence electrons. The van der Waals surface area contributed by atoms with Crippen molar-refractivity contribution in [1.29, 1.82) is 0 Å². The van der Waals surface area contributed by atoms with E-state index in [0.717, 1.165) is 8.79 Å². The zero-order valence-electron chi connectivity index (χ0n) is 6.37. The van der Waals surface area contributed by atoms with Crippen molar-refractivity contribution >= 4 is 40.4 Å². The van der Waals surface area contributed by atoms with Crippen molar-refractivity contribution in [3.05, 3.63) is 9.11 Å². The first-order valence-corrected chi connectivity index (χ1v) is 5.15. The Hall–Kier alpha value is 0.0900. The van der Waals surface area contributed by atoms with Gasteiger partial charge in [0.25, 0.3) is 0 Å². The number of carbonyl (C=O) groups is 1. The van der Waals surface area contributed by atoms with E-state index < -0.39 is 0 Å². The first-order chi connectivity index (χ1) is 5.11. The van der Waals surface area contributed by atoms with Crippen molar-refractivity contribution in [1.82, 2.24) is 9.80 Å². The lowest BCUT2D eigenvalue weighted by atomic mass is 10.7. The molecular formula is C6H9IN2OS. The van der Waals surface area contributed by atoms with Crippen LogP contribution in [0, 0.1) is 0 Å². The van der Waals surface area contributed by atoms with Crippen molar-refractivity contribution in [2.75, 3.05) is 20.0 Å². The van der Waals surface area contributed by atoms with E-state index in [2.05, 4.69) is 22.6 Å². The molecule has 1 aliphatic rings. The number of urea groups is 1. The number of thioether (sulfide) groups is 1. The average molecular weight is 284 g/mol. The molecule has 5 heteroatoms. The summed E-state index contributed by atoms with van der Waals surface area (Å²) in [5, 5.41) is 0. The maximum atomic E-state index is 11.3. The van der Waals surface area contributed by atoms with Crippen molar-refractivity contribution in [3.63, 3.8) is 0 Å². The molecular weight excluding hydrogens is 275 g/mol. The number of rotatable bonds is 0. The van der Waals surface area contributed by atoms with Gasteiger partial charge in [-0.25, -0.2) is 4.79 Å². The van der Waals surface area contributed by atoms with Gasteiger partial charge in [0, 0.05) is 20.3 Å². The Morgan fingerprint density at radius 3 is 2.82 bits per heavy atom. The quantitative estimate of drug-likeness (QED) is 0.634. The molecule has 0 unspecified atom stereocenters. The van der Waals surface area contributed by atoms with Gasteiger partial charge in [-0.2, -0.15) is 0 Å². The molecule has 0 aromatic carbocycles. The van der Waals surface area contributed by atoms with Gasteiger partial charge >= 0.3 is 6.03 Å². The normalized spacial score (nSPS) is 16.6. The summed E-state index contributed by atoms with van der Waals surface area (Å²) in [7, 11) is 3.51. The van der Waals surface area contributed by atoms with Crippen LogP contribution in [0.4, 0.5) is 4.79 Å². The summed E-state index contributed by atoms with van der Waals surface area (Å²) >= 11 is 3.89. The van der Waals surface area contributed by atoms with Crippen LogP contribution in [0.5, 0.6) is 0 Å². The van der Waals surface area contributed by atoms with Gasteiger partial charge < -0.3 is 4.90 Å². The van der Waals surface area contributed by atoms with Crippen LogP contribution >= 0.6 is 34.4 Å². The minimum Gasteiger partial charge on any atom is -0.330 e. The molecule has 0 saturated carbocycles. The highest BCUT2D eigenvalue weighted by Crippen LogP contribution is 2.30. The van der Waals surface area contributed by atoms with Crippen LogP contribution in [0.25, 0.3) is 0 Å². The summed E-state index contributed by atoms with van der Waals surface area (Å²) < 4.78 is 1.16. The Morgan fingerprint density at radius 1 is 1.82 bits per heavy atom. The van der Waals surface area contributed by atoms with E-state index in [1.54, 1.807) is 35.7 Å². The van der Waals surface area contributed by atoms with Crippen LogP contribution in [0.3, 0.4) is 0 Å². The zero-order chi connectivity index (χ0) is 8.43. The lowest BCUT2D eigenvalue weighted by Crippen LogP contribution is -2.33. The van der Waals surface area contributed by atoms with E-state index in [1.807, 2.05) is 6.20 Å². The number of hydrogen-bond donors (Lipinski definition) is 0. The highest BCUT2D eigenvalue weighted by Gasteiger charge is 2.18. The van der Waals surface area contributed by atoms with E-state index in [4.69, 9.17) is 0 Å². The molecule has 2 amide bonds. The second-order valence-corrected chi connectivity index (χ2v) is 5.23. The SMILES string of the molecule is CN(C)C(=O)N1C=C(I)SC1. The monoisotopic (exact) mass is 284 g/mol. The summed E-state index contributed by atoms with van der Waals surface area (Å²) in [5.74, 6) is 0.745. The second-order valence-electron chi connectivity index (χ2n) is 2.35. The first kappa shape index (κ1) is 9.18. The fourth-order valence-electron chi connectivity index (χ4n) is 0.696. The maximum absolute atomic E-state index is 11.3. The molecule has 1 rings (SSSR count). The lowest BCUT2D eigenvalue weighted by molar-refractivity contribution is 0.195. The van der Waals surface area contributed by atoms with Gasteiger partial charge in [-0.1, -0.05) is 11.8 Å². The highest BCUT2D eigenvalue weighted by atomic mass is 127. The third kappa shape index (κ3) is 2.26. The van der Waals surface area contributed by atoms with E-state index >= 15 is 0 Å². The Morgan fingerprint density at radius 2 is 2.45 bits per heavy atom. The molecule has 3 nitrogen and oxygen atoms in total. The van der Waals surface area contributed by atoms with Gasteiger partial charge in [-0.3, -0.25) is 4.90 Å². The van der Waals surface area contributed by atoms with E-state index in [-0.39, 0.29) is 6.03 Å². The van der Waals surface area contributed by atoms with Crippen LogP contribution in [-0.2, 0) is 0 Å². The fourth-order valence-corrected chi connectivity index (χ4v) is 2.10. The fraction of sp³-hybridized carbons (Fsp3) is 0.500. The summed E-state index contributed by atoms with van der Waals surface area (Å²) in [6, 6.07) is 0.0455. The van der Waals surface area contributed by atoms with Gasteiger partial charge in [0.2, 0.25) is 0 Å². The lowest BCUT2D eigenvalue weighted by Gasteiger charge is -2.17. The molecule has 1 heterocycles. The molecule has 1 aliphatic heterocycles. The average Bonchev–Trinajstić information content (AvgIpc) is 2.34. The number of nitrogens with zero attached hydrogens (tertiary/aromatic N) is 2. The second kappa shape index (κ2) is 3.66. The van der Waals surface area contributed by atoms with Gasteiger partial charge in [0.1, 0.15) is 0 Å². The molecule has 11 heavy (non-hydrogen) atoms. The maximum Gasteiger partial charge on any atom is 0.324 e. The Bertz CT molecular complexity index is 205. The van der Waals surface area contributed by atoms with E-state index in [9.17, 15) is 4.79 Å². The van der Waals surface area contributed by atoms with E-state index in [0.29, 0.717) is 0 Å². The predicted molar refractivity (Wildman–Crippen MR) is 55.5 cm³/mol. The van der Waals surface area contributed by atoms with Gasteiger partial charge in [0.05, 0.1) is 8.79 Å². The smallest absolute Gasteiger partial charge is 0.324 e. The summed E-state index contributed by atoms with van der Waals surface area (Å²) in [5.41, 5.74) is 0. The van der Waals surface area contributed by atoms with Crippen molar-refractivity contribution in [2.45, 2.75) is 0 Å². The molecule has 0 fully saturated rings. The molecule has 0 aromatic rings. The van der Waals surface area contributed by atoms with Crippen molar-refractivity contribution in [3.8, 4) is 0 Å². The predicted octanol–water partition coefficient (Wildman–Crippen LogP) is 1.91. The molecule has 0 bridgehead atoms. The number of hydrogen-bond acceptors (Lipinski definition) is 2. The molecule has 0 saturated heterocycles. The van der Waals surface area contributed by atoms with Crippen molar-refractivity contribution < 1.29 is 4.79 Å². The summed E-state index contributed by atoms with van der Waals surface area (Å²) in [6.07, 6.45) is 1.87. The molecule has 0 aliphatic carbocycles. The van der Waals surface area contributed by atoms with Crippen molar-refractivity contribution in [2.24, 2.45) is 0 Å². The standard InChI is InChI=1S/C6H9IN2OS/c1-8(2)6(10)9-3-5(7)11-4-9/h3H,4H2,1-2H3. The van der Waals surface area contributed by atoms with Crippen LogP contribution < -0.4 is 0 Å². The molecule has 0 N–H and O–H groups in total. The Labute approximate surface area is 83.9 Å². The van der Waals surface area contributed by atoms with Crippen LogP contribution in [-0.4, -0.2) is 35.8 Å². The minimum absolute atomic E-state index is 0.0455. The number of carbonyl (C=O) groups excluding carboxylic acids is 1. The molecule has 0 atom stereocenters. The minimum atomic E-state index is 0.0455. The van der Waals surface area contributed by atoms with Crippen LogP contribution in [0.2, 0.25) is 0 Å². The Balaban J connectivity index is 2.57. The van der Waals surface area contributed by atoms with Crippen LogP contribution in [0.1, 0.15) is 0 Å². The van der Waals surface area contributed by atoms with Gasteiger partial charge in [-0.05, 0) is 22.6 Å². The van der Waals surface area contributed by atoms with Gasteiger partial charge in [-0.15, -0.1) is 0 Å².